The quantitative estimate of drug-likeness (QED) is 0.844. The van der Waals surface area contributed by atoms with E-state index in [-0.39, 0.29) is 10.8 Å². The van der Waals surface area contributed by atoms with Crippen LogP contribution in [0.2, 0.25) is 0 Å². The van der Waals surface area contributed by atoms with Crippen LogP contribution in [-0.4, -0.2) is 37.6 Å². The second kappa shape index (κ2) is 7.05. The second-order valence-electron chi connectivity index (χ2n) is 7.38. The minimum Gasteiger partial charge on any atom is -0.343 e. The maximum Gasteiger partial charge on any atom is 0.285 e. The zero-order valence-electron chi connectivity index (χ0n) is 16.0. The zero-order chi connectivity index (χ0) is 19.9. The minimum absolute atomic E-state index is 0.132. The van der Waals surface area contributed by atoms with E-state index in [2.05, 4.69) is 9.71 Å². The normalized spacial score (nSPS) is 20.4. The largest absolute Gasteiger partial charge is 0.343 e. The van der Waals surface area contributed by atoms with Crippen molar-refractivity contribution in [1.29, 1.82) is 0 Å². The summed E-state index contributed by atoms with van der Waals surface area (Å²) in [5.74, 6) is 0.253. The topological polar surface area (TPSA) is 78.8 Å². The monoisotopic (exact) mass is 397 g/mol. The summed E-state index contributed by atoms with van der Waals surface area (Å²) in [5, 5.41) is 2.99. The number of rotatable bonds is 2. The molecule has 2 aromatic carbocycles. The number of aryl methyl sites for hydroxylation is 2. The van der Waals surface area contributed by atoms with Crippen molar-refractivity contribution in [3.05, 3.63) is 59.2 Å². The summed E-state index contributed by atoms with van der Waals surface area (Å²) in [5.41, 5.74) is 3.60. The molecule has 7 heteroatoms. The summed E-state index contributed by atoms with van der Waals surface area (Å²) in [6.45, 7) is 4.64. The number of carbonyl (C=O) groups excluding carboxylic acids is 1. The van der Waals surface area contributed by atoms with Crippen molar-refractivity contribution in [2.45, 2.75) is 44.0 Å². The standard InChI is InChI=1S/C21H23N3O3S/c1-14-10-11-16(13-15(14)2)22-21(25)18-8-5-6-12-24(18)20-17-7-3-4-9-19(17)28(26,27)23-20/h3-4,7,9-11,13,18H,5-6,8,12H2,1-2H3,(H,22,25). The number of benzene rings is 2. The van der Waals surface area contributed by atoms with Crippen LogP contribution in [0.25, 0.3) is 0 Å². The lowest BCUT2D eigenvalue weighted by atomic mass is 9.99. The Balaban J connectivity index is 1.64. The van der Waals surface area contributed by atoms with Crippen LogP contribution in [0.15, 0.2) is 51.8 Å². The third-order valence-corrected chi connectivity index (χ3v) is 6.79. The van der Waals surface area contributed by atoms with Crippen LogP contribution < -0.4 is 5.32 Å². The molecule has 1 N–H and O–H groups in total. The van der Waals surface area contributed by atoms with E-state index in [0.29, 0.717) is 24.4 Å². The molecule has 2 heterocycles. The van der Waals surface area contributed by atoms with Crippen molar-refractivity contribution in [1.82, 2.24) is 4.90 Å². The molecule has 1 unspecified atom stereocenters. The van der Waals surface area contributed by atoms with Gasteiger partial charge in [-0.3, -0.25) is 4.79 Å². The molecule has 2 aliphatic rings. The van der Waals surface area contributed by atoms with Crippen molar-refractivity contribution in [2.75, 3.05) is 11.9 Å². The van der Waals surface area contributed by atoms with E-state index in [1.165, 1.54) is 5.56 Å². The number of carbonyl (C=O) groups is 1. The van der Waals surface area contributed by atoms with Gasteiger partial charge in [-0.2, -0.15) is 8.42 Å². The molecule has 146 valence electrons. The van der Waals surface area contributed by atoms with Gasteiger partial charge in [0.1, 0.15) is 10.9 Å². The van der Waals surface area contributed by atoms with Gasteiger partial charge in [-0.1, -0.05) is 18.2 Å². The Kier molecular flexibility index (Phi) is 4.71. The van der Waals surface area contributed by atoms with E-state index in [0.717, 1.165) is 24.1 Å². The number of sulfonamides is 1. The highest BCUT2D eigenvalue weighted by Crippen LogP contribution is 2.31. The Hall–Kier alpha value is -2.67. The van der Waals surface area contributed by atoms with Crippen LogP contribution in [0, 0.1) is 13.8 Å². The van der Waals surface area contributed by atoms with Gasteiger partial charge in [-0.05, 0) is 68.5 Å². The van der Waals surface area contributed by atoms with Gasteiger partial charge in [-0.15, -0.1) is 4.40 Å². The van der Waals surface area contributed by atoms with Gasteiger partial charge in [-0.25, -0.2) is 0 Å². The lowest BCUT2D eigenvalue weighted by Gasteiger charge is -2.36. The smallest absolute Gasteiger partial charge is 0.285 e. The average molecular weight is 398 g/mol. The fraction of sp³-hybridized carbons (Fsp3) is 0.333. The Labute approximate surface area is 165 Å². The number of hydrogen-bond acceptors (Lipinski definition) is 4. The van der Waals surface area contributed by atoms with E-state index >= 15 is 0 Å². The Morgan fingerprint density at radius 3 is 2.68 bits per heavy atom. The average Bonchev–Trinajstić information content (AvgIpc) is 2.96. The van der Waals surface area contributed by atoms with E-state index in [1.54, 1.807) is 24.3 Å². The molecule has 6 nitrogen and oxygen atoms in total. The van der Waals surface area contributed by atoms with Crippen LogP contribution in [0.1, 0.15) is 36.0 Å². The van der Waals surface area contributed by atoms with Crippen LogP contribution in [0.3, 0.4) is 0 Å². The highest BCUT2D eigenvalue weighted by atomic mass is 32.2. The fourth-order valence-electron chi connectivity index (χ4n) is 3.80. The molecular weight excluding hydrogens is 374 g/mol. The van der Waals surface area contributed by atoms with Gasteiger partial charge in [0, 0.05) is 17.8 Å². The van der Waals surface area contributed by atoms with Crippen molar-refractivity contribution < 1.29 is 13.2 Å². The maximum absolute atomic E-state index is 13.0. The van der Waals surface area contributed by atoms with Gasteiger partial charge < -0.3 is 10.2 Å². The number of fused-ring (bicyclic) bond motifs is 1. The van der Waals surface area contributed by atoms with Crippen molar-refractivity contribution in [2.24, 2.45) is 4.40 Å². The Morgan fingerprint density at radius 2 is 1.89 bits per heavy atom. The summed E-state index contributed by atoms with van der Waals surface area (Å²) in [7, 11) is -3.71. The number of hydrogen-bond donors (Lipinski definition) is 1. The molecule has 0 saturated carbocycles. The van der Waals surface area contributed by atoms with Crippen LogP contribution >= 0.6 is 0 Å². The van der Waals surface area contributed by atoms with Crippen LogP contribution in [0.5, 0.6) is 0 Å². The number of piperidine rings is 1. The molecule has 1 saturated heterocycles. The highest BCUT2D eigenvalue weighted by Gasteiger charge is 2.37. The van der Waals surface area contributed by atoms with Gasteiger partial charge >= 0.3 is 0 Å². The summed E-state index contributed by atoms with van der Waals surface area (Å²) < 4.78 is 28.9. The van der Waals surface area contributed by atoms with Crippen molar-refractivity contribution >= 4 is 27.5 Å². The predicted molar refractivity (Wildman–Crippen MR) is 109 cm³/mol. The molecule has 0 spiro atoms. The van der Waals surface area contributed by atoms with E-state index in [9.17, 15) is 13.2 Å². The number of anilines is 1. The van der Waals surface area contributed by atoms with Crippen molar-refractivity contribution in [3.63, 3.8) is 0 Å². The molecule has 0 aliphatic carbocycles. The molecule has 0 radical (unpaired) electrons. The van der Waals surface area contributed by atoms with E-state index in [1.807, 2.05) is 36.9 Å². The molecule has 4 rings (SSSR count). The summed E-state index contributed by atoms with van der Waals surface area (Å²) in [6, 6.07) is 12.2. The minimum atomic E-state index is -3.71. The molecule has 1 amide bonds. The Morgan fingerprint density at radius 1 is 1.11 bits per heavy atom. The Bertz CT molecular complexity index is 1080. The molecule has 28 heavy (non-hydrogen) atoms. The molecule has 2 aromatic rings. The summed E-state index contributed by atoms with van der Waals surface area (Å²) >= 11 is 0. The number of amidine groups is 1. The first-order chi connectivity index (χ1) is 13.4. The van der Waals surface area contributed by atoms with Crippen LogP contribution in [-0.2, 0) is 14.8 Å². The van der Waals surface area contributed by atoms with E-state index in [4.69, 9.17) is 0 Å². The third kappa shape index (κ3) is 3.30. The number of nitrogens with zero attached hydrogens (tertiary/aromatic N) is 2. The summed E-state index contributed by atoms with van der Waals surface area (Å²) in [4.78, 5) is 15.1. The molecule has 2 aliphatic heterocycles. The molecule has 0 bridgehead atoms. The fourth-order valence-corrected chi connectivity index (χ4v) is 5.02. The van der Waals surface area contributed by atoms with Gasteiger partial charge in [0.05, 0.1) is 0 Å². The van der Waals surface area contributed by atoms with Gasteiger partial charge in [0.15, 0.2) is 5.84 Å². The maximum atomic E-state index is 13.0. The van der Waals surface area contributed by atoms with Gasteiger partial charge in [0.25, 0.3) is 10.0 Å². The van der Waals surface area contributed by atoms with Crippen LogP contribution in [0.4, 0.5) is 5.69 Å². The highest BCUT2D eigenvalue weighted by molar-refractivity contribution is 7.90. The number of likely N-dealkylation sites (tertiary alicyclic amines) is 1. The first-order valence-corrected chi connectivity index (χ1v) is 10.9. The second-order valence-corrected chi connectivity index (χ2v) is 8.95. The lowest BCUT2D eigenvalue weighted by molar-refractivity contribution is -0.120. The number of amides is 1. The molecule has 0 aromatic heterocycles. The number of nitrogens with one attached hydrogen (secondary N) is 1. The van der Waals surface area contributed by atoms with Crippen molar-refractivity contribution in [3.8, 4) is 0 Å². The SMILES string of the molecule is Cc1ccc(NC(=O)C2CCCCN2C2=NS(=O)(=O)c3ccccc32)cc1C. The zero-order valence-corrected chi connectivity index (χ0v) is 16.8. The summed E-state index contributed by atoms with van der Waals surface area (Å²) in [6.07, 6.45) is 2.48. The first-order valence-electron chi connectivity index (χ1n) is 9.46. The predicted octanol–water partition coefficient (Wildman–Crippen LogP) is 3.25. The van der Waals surface area contributed by atoms with Gasteiger partial charge in [0.2, 0.25) is 5.91 Å². The van der Waals surface area contributed by atoms with E-state index < -0.39 is 16.1 Å². The third-order valence-electron chi connectivity index (χ3n) is 5.46. The lowest BCUT2D eigenvalue weighted by Crippen LogP contribution is -2.50. The molecular formula is C21H23N3O3S. The first kappa shape index (κ1) is 18.7. The molecule has 1 atom stereocenters. The molecule has 1 fully saturated rings.